The molecule has 4 heteroatoms. The van der Waals surface area contributed by atoms with Crippen molar-refractivity contribution in [3.05, 3.63) is 23.8 Å². The van der Waals surface area contributed by atoms with Gasteiger partial charge in [-0.3, -0.25) is 0 Å². The molecule has 0 spiro atoms. The van der Waals surface area contributed by atoms with Crippen LogP contribution in [0.1, 0.15) is 36.0 Å². The average molecular weight is 277 g/mol. The van der Waals surface area contributed by atoms with E-state index < -0.39 is 5.97 Å². The lowest BCUT2D eigenvalue weighted by Gasteiger charge is -2.27. The number of carboxylic acid groups (broad SMARTS) is 1. The van der Waals surface area contributed by atoms with Crippen LogP contribution >= 0.6 is 11.8 Å². The number of hydrogen-bond donors (Lipinski definition) is 1. The molecule has 3 nitrogen and oxygen atoms in total. The summed E-state index contributed by atoms with van der Waals surface area (Å²) in [5.74, 6) is -0.0263. The van der Waals surface area contributed by atoms with Crippen LogP contribution in [0.25, 0.3) is 0 Å². The van der Waals surface area contributed by atoms with E-state index in [0.29, 0.717) is 11.6 Å². The van der Waals surface area contributed by atoms with Gasteiger partial charge in [-0.1, -0.05) is 6.07 Å². The maximum atomic E-state index is 11.6. The minimum atomic E-state index is -0.804. The number of nitrogens with zero attached hydrogens (tertiary/aromatic N) is 1. The van der Waals surface area contributed by atoms with Crippen LogP contribution in [-0.4, -0.2) is 29.9 Å². The van der Waals surface area contributed by atoms with Gasteiger partial charge in [0.2, 0.25) is 0 Å². The summed E-state index contributed by atoms with van der Waals surface area (Å²) in [4.78, 5) is 14.8. The van der Waals surface area contributed by atoms with E-state index in [9.17, 15) is 9.90 Å². The van der Waals surface area contributed by atoms with Crippen LogP contribution in [0.3, 0.4) is 0 Å². The molecule has 2 saturated carbocycles. The maximum Gasteiger partial charge on any atom is 0.338 e. The lowest BCUT2D eigenvalue weighted by atomic mass is 10.1. The summed E-state index contributed by atoms with van der Waals surface area (Å²) in [6.45, 7) is 1.03. The molecule has 19 heavy (non-hydrogen) atoms. The van der Waals surface area contributed by atoms with Gasteiger partial charge in [0, 0.05) is 17.5 Å². The predicted octanol–water partition coefficient (Wildman–Crippen LogP) is 3.49. The van der Waals surface area contributed by atoms with E-state index in [4.69, 9.17) is 0 Å². The quantitative estimate of drug-likeness (QED) is 0.808. The summed E-state index contributed by atoms with van der Waals surface area (Å²) in [6.07, 6.45) is 6.94. The lowest BCUT2D eigenvalue weighted by molar-refractivity contribution is 0.0694. The molecular weight excluding hydrogens is 258 g/mol. The molecule has 2 aliphatic carbocycles. The third-order valence-corrected chi connectivity index (χ3v) is 4.67. The number of carbonyl (C=O) groups is 1. The molecule has 1 aromatic carbocycles. The summed E-state index contributed by atoms with van der Waals surface area (Å²) in [5.41, 5.74) is 1.41. The Hall–Kier alpha value is -1.16. The zero-order valence-electron chi connectivity index (χ0n) is 11.1. The summed E-state index contributed by atoms with van der Waals surface area (Å²) in [6, 6.07) is 6.43. The van der Waals surface area contributed by atoms with E-state index in [2.05, 4.69) is 4.90 Å². The predicted molar refractivity (Wildman–Crippen MR) is 78.3 cm³/mol. The van der Waals surface area contributed by atoms with E-state index in [0.717, 1.165) is 23.0 Å². The highest BCUT2D eigenvalue weighted by Crippen LogP contribution is 2.40. The van der Waals surface area contributed by atoms with Crippen LogP contribution in [0.2, 0.25) is 0 Å². The Morgan fingerprint density at radius 1 is 1.37 bits per heavy atom. The second-order valence-corrected chi connectivity index (χ2v) is 6.33. The number of aromatic carboxylic acids is 1. The molecule has 0 radical (unpaired) electrons. The summed E-state index contributed by atoms with van der Waals surface area (Å²) < 4.78 is 0. The Morgan fingerprint density at radius 2 is 2.11 bits per heavy atom. The number of anilines is 1. The summed E-state index contributed by atoms with van der Waals surface area (Å²) in [7, 11) is 0. The highest BCUT2D eigenvalue weighted by molar-refractivity contribution is 7.98. The van der Waals surface area contributed by atoms with Crippen LogP contribution in [0, 0.1) is 5.92 Å². The Kier molecular flexibility index (Phi) is 3.44. The van der Waals surface area contributed by atoms with E-state index in [1.807, 2.05) is 24.5 Å². The van der Waals surface area contributed by atoms with Gasteiger partial charge in [-0.25, -0.2) is 4.79 Å². The average Bonchev–Trinajstić information content (AvgIpc) is 3.27. The Bertz CT molecular complexity index is 495. The molecule has 1 aromatic rings. The molecule has 0 atom stereocenters. The van der Waals surface area contributed by atoms with Crippen molar-refractivity contribution in [3.63, 3.8) is 0 Å². The maximum absolute atomic E-state index is 11.6. The van der Waals surface area contributed by atoms with Crippen LogP contribution < -0.4 is 4.90 Å². The number of benzene rings is 1. The van der Waals surface area contributed by atoms with Gasteiger partial charge in [0.25, 0.3) is 0 Å². The van der Waals surface area contributed by atoms with Gasteiger partial charge >= 0.3 is 5.97 Å². The van der Waals surface area contributed by atoms with Crippen molar-refractivity contribution >= 4 is 23.4 Å². The number of carboxylic acids is 1. The van der Waals surface area contributed by atoms with Gasteiger partial charge in [-0.15, -0.1) is 11.8 Å². The molecule has 0 amide bonds. The largest absolute Gasteiger partial charge is 0.478 e. The first-order valence-electron chi connectivity index (χ1n) is 6.87. The topological polar surface area (TPSA) is 40.5 Å². The molecule has 1 N–H and O–H groups in total. The number of thioether (sulfide) groups is 1. The number of hydrogen-bond acceptors (Lipinski definition) is 3. The third kappa shape index (κ3) is 2.73. The Labute approximate surface area is 118 Å². The van der Waals surface area contributed by atoms with Gasteiger partial charge in [0.15, 0.2) is 0 Å². The van der Waals surface area contributed by atoms with E-state index >= 15 is 0 Å². The molecule has 2 fully saturated rings. The summed E-state index contributed by atoms with van der Waals surface area (Å²) >= 11 is 1.51. The fraction of sp³-hybridized carbons (Fsp3) is 0.533. The van der Waals surface area contributed by atoms with Crippen LogP contribution in [0.15, 0.2) is 23.1 Å². The summed E-state index contributed by atoms with van der Waals surface area (Å²) in [5, 5.41) is 9.54. The van der Waals surface area contributed by atoms with Crippen LogP contribution in [-0.2, 0) is 0 Å². The highest BCUT2D eigenvalue weighted by Gasteiger charge is 2.35. The van der Waals surface area contributed by atoms with Gasteiger partial charge in [-0.05, 0) is 50.0 Å². The smallest absolute Gasteiger partial charge is 0.338 e. The Morgan fingerprint density at radius 3 is 2.63 bits per heavy atom. The fourth-order valence-corrected chi connectivity index (χ4v) is 3.16. The molecule has 2 aliphatic rings. The third-order valence-electron chi connectivity index (χ3n) is 3.89. The molecule has 0 saturated heterocycles. The normalized spacial score (nSPS) is 18.4. The lowest BCUT2D eigenvalue weighted by Crippen LogP contribution is -2.29. The zero-order chi connectivity index (χ0) is 13.4. The highest BCUT2D eigenvalue weighted by atomic mass is 32.2. The molecule has 0 unspecified atom stereocenters. The van der Waals surface area contributed by atoms with Crippen molar-refractivity contribution in [3.8, 4) is 0 Å². The van der Waals surface area contributed by atoms with E-state index in [1.165, 1.54) is 37.4 Å². The van der Waals surface area contributed by atoms with Crippen LogP contribution in [0.4, 0.5) is 5.69 Å². The molecule has 0 heterocycles. The minimum Gasteiger partial charge on any atom is -0.478 e. The van der Waals surface area contributed by atoms with Crippen molar-refractivity contribution in [2.75, 3.05) is 17.7 Å². The second-order valence-electron chi connectivity index (χ2n) is 5.49. The van der Waals surface area contributed by atoms with E-state index in [1.54, 1.807) is 0 Å². The monoisotopic (exact) mass is 277 g/mol. The SMILES string of the molecule is CSc1cccc(N(CC2CC2)C2CC2)c1C(=O)O. The van der Waals surface area contributed by atoms with E-state index in [-0.39, 0.29) is 0 Å². The number of rotatable bonds is 6. The molecule has 0 aromatic heterocycles. The van der Waals surface area contributed by atoms with Crippen molar-refractivity contribution < 1.29 is 9.90 Å². The zero-order valence-corrected chi connectivity index (χ0v) is 11.9. The molecule has 0 bridgehead atoms. The van der Waals surface area contributed by atoms with Crippen LogP contribution in [0.5, 0.6) is 0 Å². The second kappa shape index (κ2) is 5.08. The fourth-order valence-electron chi connectivity index (χ4n) is 2.55. The molecular formula is C15H19NO2S. The molecule has 3 rings (SSSR count). The van der Waals surface area contributed by atoms with Gasteiger partial charge in [0.05, 0.1) is 11.3 Å². The first kappa shape index (κ1) is 12.9. The first-order chi connectivity index (χ1) is 9.20. The minimum absolute atomic E-state index is 0.488. The van der Waals surface area contributed by atoms with Gasteiger partial charge in [-0.2, -0.15) is 0 Å². The van der Waals surface area contributed by atoms with Crippen molar-refractivity contribution in [1.29, 1.82) is 0 Å². The van der Waals surface area contributed by atoms with Crippen molar-refractivity contribution in [1.82, 2.24) is 0 Å². The van der Waals surface area contributed by atoms with Gasteiger partial charge in [0.1, 0.15) is 0 Å². The Balaban J connectivity index is 1.98. The van der Waals surface area contributed by atoms with Crippen molar-refractivity contribution in [2.24, 2.45) is 5.92 Å². The van der Waals surface area contributed by atoms with Gasteiger partial charge < -0.3 is 10.0 Å². The molecule has 102 valence electrons. The van der Waals surface area contributed by atoms with Crippen molar-refractivity contribution in [2.45, 2.75) is 36.6 Å². The first-order valence-corrected chi connectivity index (χ1v) is 8.10. The standard InChI is InChI=1S/C15H19NO2S/c1-19-13-4-2-3-12(14(13)15(17)18)16(11-7-8-11)9-10-5-6-10/h2-4,10-11H,5-9H2,1H3,(H,17,18). The molecule has 0 aliphatic heterocycles.